The quantitative estimate of drug-likeness (QED) is 0.639. The number of nitrogens with one attached hydrogen (secondary N) is 2. The Hall–Kier alpha value is -3.32. The van der Waals surface area contributed by atoms with Crippen LogP contribution in [0.15, 0.2) is 60.9 Å². The lowest BCUT2D eigenvalue weighted by atomic mass is 10.2. The maximum absolute atomic E-state index is 12.4. The van der Waals surface area contributed by atoms with Crippen LogP contribution >= 0.6 is 11.6 Å². The van der Waals surface area contributed by atoms with Crippen molar-refractivity contribution in [2.24, 2.45) is 0 Å². The van der Waals surface area contributed by atoms with Crippen LogP contribution in [0.2, 0.25) is 5.02 Å². The van der Waals surface area contributed by atoms with Crippen molar-refractivity contribution in [2.45, 2.75) is 6.92 Å². The standard InChI is InChI=1S/C20H19ClN4O3/c1-2-22-19(26)13-28-18-9-5-16(6-10-18)24-20(27)14-11-23-25(12-14)17-7-3-15(21)4-8-17/h3-12H,2,13H2,1H3,(H,22,26)(H,24,27). The summed E-state index contributed by atoms with van der Waals surface area (Å²) in [4.78, 5) is 23.8. The summed E-state index contributed by atoms with van der Waals surface area (Å²) < 4.78 is 6.98. The van der Waals surface area contributed by atoms with Gasteiger partial charge in [0, 0.05) is 23.5 Å². The van der Waals surface area contributed by atoms with Crippen LogP contribution in [0.3, 0.4) is 0 Å². The molecule has 144 valence electrons. The number of amides is 2. The fourth-order valence-electron chi connectivity index (χ4n) is 2.41. The van der Waals surface area contributed by atoms with Crippen molar-refractivity contribution in [3.8, 4) is 11.4 Å². The van der Waals surface area contributed by atoms with E-state index in [0.29, 0.717) is 28.6 Å². The van der Waals surface area contributed by atoms with Crippen molar-refractivity contribution < 1.29 is 14.3 Å². The van der Waals surface area contributed by atoms with Gasteiger partial charge in [-0.15, -0.1) is 0 Å². The summed E-state index contributed by atoms with van der Waals surface area (Å²) in [5.74, 6) is 0.0774. The molecule has 0 saturated heterocycles. The van der Waals surface area contributed by atoms with Crippen molar-refractivity contribution in [3.63, 3.8) is 0 Å². The lowest BCUT2D eigenvalue weighted by molar-refractivity contribution is -0.122. The number of ether oxygens (including phenoxy) is 1. The molecule has 0 aliphatic rings. The third-order valence-corrected chi connectivity index (χ3v) is 4.04. The van der Waals surface area contributed by atoms with Gasteiger partial charge >= 0.3 is 0 Å². The Morgan fingerprint density at radius 2 is 1.82 bits per heavy atom. The van der Waals surface area contributed by atoms with Gasteiger partial charge in [-0.2, -0.15) is 5.10 Å². The lowest BCUT2D eigenvalue weighted by Crippen LogP contribution is -2.28. The van der Waals surface area contributed by atoms with Crippen molar-refractivity contribution in [3.05, 3.63) is 71.5 Å². The largest absolute Gasteiger partial charge is 0.484 e. The van der Waals surface area contributed by atoms with Crippen LogP contribution < -0.4 is 15.4 Å². The number of halogens is 1. The molecule has 1 aromatic heterocycles. The number of carbonyl (C=O) groups excluding carboxylic acids is 2. The number of aromatic nitrogens is 2. The van der Waals surface area contributed by atoms with Crippen LogP contribution in [0.1, 0.15) is 17.3 Å². The average molecular weight is 399 g/mol. The van der Waals surface area contributed by atoms with Crippen molar-refractivity contribution in [2.75, 3.05) is 18.5 Å². The Balaban J connectivity index is 1.59. The van der Waals surface area contributed by atoms with Gasteiger partial charge in [-0.1, -0.05) is 11.6 Å². The van der Waals surface area contributed by atoms with Crippen molar-refractivity contribution >= 4 is 29.1 Å². The van der Waals surface area contributed by atoms with Crippen LogP contribution in [0.25, 0.3) is 5.69 Å². The number of anilines is 1. The summed E-state index contributed by atoms with van der Waals surface area (Å²) in [6, 6.07) is 13.9. The highest BCUT2D eigenvalue weighted by molar-refractivity contribution is 6.30. The van der Waals surface area contributed by atoms with E-state index in [-0.39, 0.29) is 18.4 Å². The van der Waals surface area contributed by atoms with Crippen LogP contribution in [0.5, 0.6) is 5.75 Å². The molecule has 7 nitrogen and oxygen atoms in total. The molecule has 3 rings (SSSR count). The third-order valence-electron chi connectivity index (χ3n) is 3.79. The highest BCUT2D eigenvalue weighted by Crippen LogP contribution is 2.17. The fraction of sp³-hybridized carbons (Fsp3) is 0.150. The first-order valence-electron chi connectivity index (χ1n) is 8.66. The molecule has 0 atom stereocenters. The Kier molecular flexibility index (Phi) is 6.29. The van der Waals surface area contributed by atoms with E-state index in [2.05, 4.69) is 15.7 Å². The Bertz CT molecular complexity index is 952. The summed E-state index contributed by atoms with van der Waals surface area (Å²) in [7, 11) is 0. The van der Waals surface area contributed by atoms with Gasteiger partial charge in [0.25, 0.3) is 11.8 Å². The third kappa shape index (κ3) is 5.11. The summed E-state index contributed by atoms with van der Waals surface area (Å²) in [5, 5.41) is 10.3. The van der Waals surface area contributed by atoms with E-state index in [9.17, 15) is 9.59 Å². The number of carbonyl (C=O) groups is 2. The normalized spacial score (nSPS) is 10.4. The minimum absolute atomic E-state index is 0.0522. The molecule has 2 aromatic carbocycles. The smallest absolute Gasteiger partial charge is 0.258 e. The predicted molar refractivity (Wildman–Crippen MR) is 107 cm³/mol. The van der Waals surface area contributed by atoms with E-state index >= 15 is 0 Å². The molecular weight excluding hydrogens is 380 g/mol. The van der Waals surface area contributed by atoms with Crippen LogP contribution in [-0.2, 0) is 4.79 Å². The number of rotatable bonds is 7. The zero-order chi connectivity index (χ0) is 19.9. The molecule has 0 unspecified atom stereocenters. The number of nitrogens with zero attached hydrogens (tertiary/aromatic N) is 2. The highest BCUT2D eigenvalue weighted by atomic mass is 35.5. The Morgan fingerprint density at radius 3 is 2.50 bits per heavy atom. The monoisotopic (exact) mass is 398 g/mol. The molecule has 28 heavy (non-hydrogen) atoms. The van der Waals surface area contributed by atoms with E-state index in [1.54, 1.807) is 47.3 Å². The molecule has 0 bridgehead atoms. The summed E-state index contributed by atoms with van der Waals surface area (Å²) in [6.07, 6.45) is 3.14. The van der Waals surface area contributed by atoms with Gasteiger partial charge in [0.05, 0.1) is 17.4 Å². The van der Waals surface area contributed by atoms with Gasteiger partial charge in [-0.3, -0.25) is 9.59 Å². The fourth-order valence-corrected chi connectivity index (χ4v) is 2.54. The lowest BCUT2D eigenvalue weighted by Gasteiger charge is -2.08. The molecule has 3 aromatic rings. The van der Waals surface area contributed by atoms with Gasteiger partial charge < -0.3 is 15.4 Å². The maximum Gasteiger partial charge on any atom is 0.258 e. The SMILES string of the molecule is CCNC(=O)COc1ccc(NC(=O)c2cnn(-c3ccc(Cl)cc3)c2)cc1. The van der Waals surface area contributed by atoms with E-state index < -0.39 is 0 Å². The van der Waals surface area contributed by atoms with Gasteiger partial charge in [0.1, 0.15) is 5.75 Å². The molecule has 0 aliphatic heterocycles. The predicted octanol–water partition coefficient (Wildman–Crippen LogP) is 3.29. The summed E-state index contributed by atoms with van der Waals surface area (Å²) in [5.41, 5.74) is 1.83. The molecule has 0 spiro atoms. The van der Waals surface area contributed by atoms with Crippen molar-refractivity contribution in [1.82, 2.24) is 15.1 Å². The minimum atomic E-state index is -0.281. The number of hydrogen-bond acceptors (Lipinski definition) is 4. The molecule has 0 radical (unpaired) electrons. The van der Waals surface area contributed by atoms with Crippen LogP contribution in [0, 0.1) is 0 Å². The second-order valence-corrected chi connectivity index (χ2v) is 6.31. The Labute approximate surface area is 167 Å². The molecule has 0 fully saturated rings. The van der Waals surface area contributed by atoms with Crippen LogP contribution in [0.4, 0.5) is 5.69 Å². The zero-order valence-electron chi connectivity index (χ0n) is 15.2. The van der Waals surface area contributed by atoms with E-state index in [0.717, 1.165) is 5.69 Å². The van der Waals surface area contributed by atoms with Gasteiger partial charge in [0.15, 0.2) is 6.61 Å². The molecule has 2 amide bonds. The second kappa shape index (κ2) is 9.05. The second-order valence-electron chi connectivity index (χ2n) is 5.87. The first-order valence-corrected chi connectivity index (χ1v) is 9.04. The maximum atomic E-state index is 12.4. The number of hydrogen-bond donors (Lipinski definition) is 2. The molecular formula is C20H19ClN4O3. The summed E-state index contributed by atoms with van der Waals surface area (Å²) >= 11 is 5.88. The topological polar surface area (TPSA) is 85.2 Å². The first-order chi connectivity index (χ1) is 13.5. The Morgan fingerprint density at radius 1 is 1.11 bits per heavy atom. The van der Waals surface area contributed by atoms with Crippen LogP contribution in [-0.4, -0.2) is 34.7 Å². The van der Waals surface area contributed by atoms with E-state index in [1.165, 1.54) is 6.20 Å². The minimum Gasteiger partial charge on any atom is -0.484 e. The van der Waals surface area contributed by atoms with Gasteiger partial charge in [-0.05, 0) is 55.5 Å². The highest BCUT2D eigenvalue weighted by Gasteiger charge is 2.10. The summed E-state index contributed by atoms with van der Waals surface area (Å²) in [6.45, 7) is 2.35. The van der Waals surface area contributed by atoms with E-state index in [4.69, 9.17) is 16.3 Å². The number of likely N-dealkylation sites (N-methyl/N-ethyl adjacent to an activating group) is 1. The van der Waals surface area contributed by atoms with Gasteiger partial charge in [0.2, 0.25) is 0 Å². The van der Waals surface area contributed by atoms with Crippen molar-refractivity contribution in [1.29, 1.82) is 0 Å². The zero-order valence-corrected chi connectivity index (χ0v) is 15.9. The first kappa shape index (κ1) is 19.4. The average Bonchev–Trinajstić information content (AvgIpc) is 3.19. The van der Waals surface area contributed by atoms with Gasteiger partial charge in [-0.25, -0.2) is 4.68 Å². The molecule has 2 N–H and O–H groups in total. The van der Waals surface area contributed by atoms with E-state index in [1.807, 2.05) is 19.1 Å². The molecule has 8 heteroatoms. The number of benzene rings is 2. The molecule has 0 saturated carbocycles. The molecule has 0 aliphatic carbocycles. The molecule has 1 heterocycles.